The molecule has 1 aliphatic rings. The van der Waals surface area contributed by atoms with Gasteiger partial charge in [0.05, 0.1) is 0 Å². The van der Waals surface area contributed by atoms with Gasteiger partial charge in [0.2, 0.25) is 0 Å². The van der Waals surface area contributed by atoms with E-state index in [2.05, 4.69) is 35.9 Å². The van der Waals surface area contributed by atoms with Gasteiger partial charge in [-0.1, -0.05) is 19.9 Å². The highest BCUT2D eigenvalue weighted by Gasteiger charge is 2.43. The van der Waals surface area contributed by atoms with Crippen molar-refractivity contribution in [1.82, 2.24) is 15.5 Å². The zero-order valence-electron chi connectivity index (χ0n) is 13.0. The number of nitrogens with one attached hydrogen (secondary N) is 2. The number of imide groups is 1. The van der Waals surface area contributed by atoms with Crippen molar-refractivity contribution in [3.63, 3.8) is 0 Å². The highest BCUT2D eigenvalue weighted by Crippen LogP contribution is 2.25. The number of carbonyl (C=O) groups excluding carboxylic acids is 2. The third-order valence-corrected chi connectivity index (χ3v) is 4.62. The molecule has 1 atom stereocenters. The fraction of sp³-hybridized carbons (Fsp3) is 0.600. The van der Waals surface area contributed by atoms with Crippen LogP contribution in [0.4, 0.5) is 4.79 Å². The number of nitrogens with zero attached hydrogens (tertiary/aromatic N) is 1. The van der Waals surface area contributed by atoms with Crippen LogP contribution in [-0.2, 0) is 4.79 Å². The molecule has 0 aliphatic carbocycles. The lowest BCUT2D eigenvalue weighted by Gasteiger charge is -2.23. The van der Waals surface area contributed by atoms with Crippen molar-refractivity contribution in [2.75, 3.05) is 13.1 Å². The second-order valence-corrected chi connectivity index (χ2v) is 7.18. The summed E-state index contributed by atoms with van der Waals surface area (Å²) in [5.74, 6) is 0.287. The Balaban J connectivity index is 1.92. The minimum absolute atomic E-state index is 0.161. The smallest absolute Gasteiger partial charge is 0.324 e. The highest BCUT2D eigenvalue weighted by molar-refractivity contribution is 7.10. The van der Waals surface area contributed by atoms with Gasteiger partial charge in [0, 0.05) is 24.0 Å². The Hall–Kier alpha value is -1.40. The summed E-state index contributed by atoms with van der Waals surface area (Å²) in [4.78, 5) is 26.5. The Labute approximate surface area is 129 Å². The monoisotopic (exact) mass is 309 g/mol. The van der Waals surface area contributed by atoms with Crippen LogP contribution in [0.25, 0.3) is 0 Å². The summed E-state index contributed by atoms with van der Waals surface area (Å²) < 4.78 is 0. The lowest BCUT2D eigenvalue weighted by atomic mass is 10.0. The Morgan fingerprint density at radius 3 is 2.57 bits per heavy atom. The molecular formula is C15H23N3O2S. The first-order valence-electron chi connectivity index (χ1n) is 7.24. The molecule has 1 saturated heterocycles. The first-order valence-corrected chi connectivity index (χ1v) is 8.12. The number of rotatable bonds is 6. The molecule has 0 unspecified atom stereocenters. The third-order valence-electron chi connectivity index (χ3n) is 3.66. The summed E-state index contributed by atoms with van der Waals surface area (Å²) in [7, 11) is 0. The summed E-state index contributed by atoms with van der Waals surface area (Å²) in [6.07, 6.45) is 0. The summed E-state index contributed by atoms with van der Waals surface area (Å²) in [6, 6.07) is 4.10. The number of hydrogen-bond acceptors (Lipinski definition) is 4. The normalized spacial score (nSPS) is 19.2. The minimum Gasteiger partial charge on any atom is -0.324 e. The van der Waals surface area contributed by atoms with Gasteiger partial charge >= 0.3 is 6.03 Å². The number of urea groups is 1. The SMILES string of the molecule is CC(C)[C@H](NCCN1C(=O)NC(C)(C)C1=O)c1cccs1. The first kappa shape index (κ1) is 16.0. The van der Waals surface area contributed by atoms with Gasteiger partial charge in [-0.05, 0) is 31.2 Å². The fourth-order valence-electron chi connectivity index (χ4n) is 2.49. The molecule has 0 radical (unpaired) electrons. The van der Waals surface area contributed by atoms with Gasteiger partial charge in [-0.3, -0.25) is 9.69 Å². The zero-order chi connectivity index (χ0) is 15.6. The molecule has 0 bridgehead atoms. The van der Waals surface area contributed by atoms with Crippen LogP contribution >= 0.6 is 11.3 Å². The Morgan fingerprint density at radius 2 is 2.10 bits per heavy atom. The van der Waals surface area contributed by atoms with E-state index in [9.17, 15) is 9.59 Å². The van der Waals surface area contributed by atoms with E-state index in [-0.39, 0.29) is 18.0 Å². The van der Waals surface area contributed by atoms with Crippen molar-refractivity contribution in [2.45, 2.75) is 39.3 Å². The maximum absolute atomic E-state index is 12.1. The van der Waals surface area contributed by atoms with Gasteiger partial charge in [-0.15, -0.1) is 11.3 Å². The molecule has 0 spiro atoms. The van der Waals surface area contributed by atoms with E-state index < -0.39 is 5.54 Å². The molecule has 1 fully saturated rings. The van der Waals surface area contributed by atoms with Gasteiger partial charge in [0.15, 0.2) is 0 Å². The van der Waals surface area contributed by atoms with E-state index in [1.54, 1.807) is 25.2 Å². The molecule has 21 heavy (non-hydrogen) atoms. The van der Waals surface area contributed by atoms with Crippen LogP contribution < -0.4 is 10.6 Å². The van der Waals surface area contributed by atoms with E-state index in [4.69, 9.17) is 0 Å². The number of carbonyl (C=O) groups is 2. The molecule has 2 N–H and O–H groups in total. The van der Waals surface area contributed by atoms with Crippen LogP contribution in [-0.4, -0.2) is 35.5 Å². The van der Waals surface area contributed by atoms with Crippen molar-refractivity contribution in [1.29, 1.82) is 0 Å². The Morgan fingerprint density at radius 1 is 1.38 bits per heavy atom. The Kier molecular flexibility index (Phi) is 4.68. The van der Waals surface area contributed by atoms with Crippen molar-refractivity contribution in [3.8, 4) is 0 Å². The average molecular weight is 309 g/mol. The number of hydrogen-bond donors (Lipinski definition) is 2. The van der Waals surface area contributed by atoms with Gasteiger partial charge in [-0.2, -0.15) is 0 Å². The van der Waals surface area contributed by atoms with Crippen LogP contribution in [0.2, 0.25) is 0 Å². The molecule has 0 aromatic carbocycles. The van der Waals surface area contributed by atoms with Crippen LogP contribution in [0.5, 0.6) is 0 Å². The number of amides is 3. The molecule has 2 heterocycles. The standard InChI is InChI=1S/C15H23N3O2S/c1-10(2)12(11-6-5-9-21-11)16-7-8-18-13(19)15(3,4)17-14(18)20/h5-6,9-10,12,16H,7-8H2,1-4H3,(H,17,20)/t12-/m0/s1. The predicted octanol–water partition coefficient (Wildman–Crippen LogP) is 2.37. The number of thiophene rings is 1. The third kappa shape index (κ3) is 3.44. The molecular weight excluding hydrogens is 286 g/mol. The summed E-state index contributed by atoms with van der Waals surface area (Å²) in [5, 5.41) is 8.21. The minimum atomic E-state index is -0.789. The topological polar surface area (TPSA) is 61.4 Å². The second-order valence-electron chi connectivity index (χ2n) is 6.20. The van der Waals surface area contributed by atoms with E-state index in [1.807, 2.05) is 6.07 Å². The molecule has 116 valence electrons. The van der Waals surface area contributed by atoms with Crippen LogP contribution in [0.1, 0.15) is 38.6 Å². The van der Waals surface area contributed by atoms with Crippen LogP contribution in [0.3, 0.4) is 0 Å². The lowest BCUT2D eigenvalue weighted by Crippen LogP contribution is -2.41. The Bertz CT molecular complexity index is 511. The maximum atomic E-state index is 12.1. The van der Waals surface area contributed by atoms with Crippen LogP contribution in [0, 0.1) is 5.92 Å². The van der Waals surface area contributed by atoms with Crippen molar-refractivity contribution in [3.05, 3.63) is 22.4 Å². The van der Waals surface area contributed by atoms with Gasteiger partial charge in [-0.25, -0.2) is 4.79 Å². The molecule has 1 aromatic rings. The van der Waals surface area contributed by atoms with Crippen molar-refractivity contribution < 1.29 is 9.59 Å². The molecule has 2 rings (SSSR count). The van der Waals surface area contributed by atoms with Gasteiger partial charge in [0.25, 0.3) is 5.91 Å². The van der Waals surface area contributed by atoms with E-state index >= 15 is 0 Å². The predicted molar refractivity (Wildman–Crippen MR) is 84.2 cm³/mol. The fourth-order valence-corrected chi connectivity index (χ4v) is 3.46. The summed E-state index contributed by atoms with van der Waals surface area (Å²) >= 11 is 1.72. The quantitative estimate of drug-likeness (QED) is 0.793. The van der Waals surface area contributed by atoms with E-state index in [1.165, 1.54) is 9.78 Å². The van der Waals surface area contributed by atoms with E-state index in [0.717, 1.165) is 0 Å². The summed E-state index contributed by atoms with van der Waals surface area (Å²) in [6.45, 7) is 8.76. The molecule has 6 heteroatoms. The molecule has 0 saturated carbocycles. The van der Waals surface area contributed by atoms with Gasteiger partial charge in [0.1, 0.15) is 5.54 Å². The molecule has 3 amide bonds. The molecule has 1 aliphatic heterocycles. The van der Waals surface area contributed by atoms with Crippen molar-refractivity contribution in [2.24, 2.45) is 5.92 Å². The van der Waals surface area contributed by atoms with Crippen molar-refractivity contribution >= 4 is 23.3 Å². The largest absolute Gasteiger partial charge is 0.325 e. The maximum Gasteiger partial charge on any atom is 0.325 e. The lowest BCUT2D eigenvalue weighted by molar-refractivity contribution is -0.130. The molecule has 5 nitrogen and oxygen atoms in total. The summed E-state index contributed by atoms with van der Waals surface area (Å²) in [5.41, 5.74) is -0.789. The highest BCUT2D eigenvalue weighted by atomic mass is 32.1. The second kappa shape index (κ2) is 6.15. The van der Waals surface area contributed by atoms with Crippen LogP contribution in [0.15, 0.2) is 17.5 Å². The zero-order valence-corrected chi connectivity index (χ0v) is 13.8. The average Bonchev–Trinajstić information content (AvgIpc) is 2.95. The van der Waals surface area contributed by atoms with Gasteiger partial charge < -0.3 is 10.6 Å². The first-order chi connectivity index (χ1) is 9.83. The molecule has 1 aromatic heterocycles. The van der Waals surface area contributed by atoms with E-state index in [0.29, 0.717) is 19.0 Å².